The van der Waals surface area contributed by atoms with Gasteiger partial charge >= 0.3 is 0 Å². The number of rotatable bonds is 3. The highest BCUT2D eigenvalue weighted by Gasteiger charge is 2.04. The Balaban J connectivity index is 2.36. The first-order chi connectivity index (χ1) is 8.61. The number of aryl methyl sites for hydroxylation is 1. The van der Waals surface area contributed by atoms with Gasteiger partial charge in [-0.25, -0.2) is 0 Å². The number of methoxy groups -OCH3 is 1. The summed E-state index contributed by atoms with van der Waals surface area (Å²) in [6.45, 7) is 4.09. The van der Waals surface area contributed by atoms with Crippen LogP contribution in [0, 0.1) is 6.92 Å². The van der Waals surface area contributed by atoms with E-state index in [4.69, 9.17) is 10.5 Å². The van der Waals surface area contributed by atoms with Gasteiger partial charge in [-0.1, -0.05) is 30.3 Å². The van der Waals surface area contributed by atoms with E-state index in [0.29, 0.717) is 0 Å². The van der Waals surface area contributed by atoms with Crippen molar-refractivity contribution >= 4 is 0 Å². The molecule has 2 aromatic rings. The molecule has 0 saturated heterocycles. The van der Waals surface area contributed by atoms with Gasteiger partial charge in [0.2, 0.25) is 0 Å². The van der Waals surface area contributed by atoms with E-state index in [-0.39, 0.29) is 6.04 Å². The molecule has 1 unspecified atom stereocenters. The Labute approximate surface area is 108 Å². The molecule has 0 aromatic heterocycles. The van der Waals surface area contributed by atoms with Gasteiger partial charge in [0.15, 0.2) is 0 Å². The molecule has 0 amide bonds. The summed E-state index contributed by atoms with van der Waals surface area (Å²) in [6.07, 6.45) is 0. The largest absolute Gasteiger partial charge is 0.497 e. The van der Waals surface area contributed by atoms with Crippen molar-refractivity contribution in [2.75, 3.05) is 7.11 Å². The first-order valence-corrected chi connectivity index (χ1v) is 6.12. The third kappa shape index (κ3) is 2.54. The van der Waals surface area contributed by atoms with Crippen molar-refractivity contribution < 1.29 is 4.74 Å². The van der Waals surface area contributed by atoms with Gasteiger partial charge in [-0.15, -0.1) is 0 Å². The summed E-state index contributed by atoms with van der Waals surface area (Å²) in [5.41, 5.74) is 10.7. The van der Waals surface area contributed by atoms with E-state index in [1.807, 2.05) is 13.0 Å². The minimum atomic E-state index is 0.0796. The monoisotopic (exact) mass is 241 g/mol. The van der Waals surface area contributed by atoms with Crippen LogP contribution in [0.5, 0.6) is 5.75 Å². The average Bonchev–Trinajstić information content (AvgIpc) is 2.38. The van der Waals surface area contributed by atoms with Crippen LogP contribution in [0.3, 0.4) is 0 Å². The Bertz CT molecular complexity index is 529. The number of ether oxygens (including phenoxy) is 1. The van der Waals surface area contributed by atoms with Crippen LogP contribution in [-0.4, -0.2) is 7.11 Å². The lowest BCUT2D eigenvalue weighted by molar-refractivity contribution is 0.414. The topological polar surface area (TPSA) is 35.2 Å². The molecular formula is C16H19NO. The predicted molar refractivity (Wildman–Crippen MR) is 75.8 cm³/mol. The van der Waals surface area contributed by atoms with Crippen LogP contribution in [0.25, 0.3) is 11.1 Å². The fraction of sp³-hybridized carbons (Fsp3) is 0.250. The predicted octanol–water partition coefficient (Wildman–Crippen LogP) is 3.69. The van der Waals surface area contributed by atoms with E-state index in [1.54, 1.807) is 7.11 Å². The molecule has 0 heterocycles. The molecule has 2 nitrogen and oxygen atoms in total. The zero-order valence-corrected chi connectivity index (χ0v) is 11.1. The smallest absolute Gasteiger partial charge is 0.119 e. The van der Waals surface area contributed by atoms with Crippen LogP contribution in [0.2, 0.25) is 0 Å². The number of benzene rings is 2. The lowest BCUT2D eigenvalue weighted by atomic mass is 9.98. The maximum Gasteiger partial charge on any atom is 0.119 e. The second kappa shape index (κ2) is 5.23. The second-order valence-corrected chi connectivity index (χ2v) is 4.59. The van der Waals surface area contributed by atoms with Crippen molar-refractivity contribution in [1.82, 2.24) is 0 Å². The summed E-state index contributed by atoms with van der Waals surface area (Å²) < 4.78 is 5.22. The third-order valence-corrected chi connectivity index (χ3v) is 3.18. The van der Waals surface area contributed by atoms with Crippen LogP contribution in [0.4, 0.5) is 0 Å². The lowest BCUT2D eigenvalue weighted by Gasteiger charge is -2.10. The van der Waals surface area contributed by atoms with Gasteiger partial charge in [0.05, 0.1) is 7.11 Å². The summed E-state index contributed by atoms with van der Waals surface area (Å²) in [5.74, 6) is 0.892. The van der Waals surface area contributed by atoms with E-state index in [1.165, 1.54) is 16.7 Å². The molecular weight excluding hydrogens is 222 g/mol. The second-order valence-electron chi connectivity index (χ2n) is 4.59. The van der Waals surface area contributed by atoms with Crippen LogP contribution < -0.4 is 10.5 Å². The summed E-state index contributed by atoms with van der Waals surface area (Å²) in [4.78, 5) is 0. The zero-order valence-electron chi connectivity index (χ0n) is 11.1. The van der Waals surface area contributed by atoms with Crippen molar-refractivity contribution in [3.8, 4) is 16.9 Å². The molecule has 0 saturated carbocycles. The Morgan fingerprint density at radius 3 is 2.22 bits per heavy atom. The SMILES string of the molecule is COc1ccc(-c2ccc(C(C)N)cc2)c(C)c1. The van der Waals surface area contributed by atoms with Crippen molar-refractivity contribution in [1.29, 1.82) is 0 Å². The quantitative estimate of drug-likeness (QED) is 0.889. The van der Waals surface area contributed by atoms with Gasteiger partial charge in [0, 0.05) is 6.04 Å². The minimum Gasteiger partial charge on any atom is -0.497 e. The van der Waals surface area contributed by atoms with Gasteiger partial charge in [-0.05, 0) is 48.2 Å². The van der Waals surface area contributed by atoms with Crippen LogP contribution in [0.15, 0.2) is 42.5 Å². The molecule has 0 aliphatic heterocycles. The van der Waals surface area contributed by atoms with Gasteiger partial charge in [0.25, 0.3) is 0 Å². The summed E-state index contributed by atoms with van der Waals surface area (Å²) in [7, 11) is 1.69. The van der Waals surface area contributed by atoms with Crippen LogP contribution in [0.1, 0.15) is 24.1 Å². The van der Waals surface area contributed by atoms with E-state index in [2.05, 4.69) is 43.3 Å². The summed E-state index contributed by atoms with van der Waals surface area (Å²) in [6, 6.07) is 14.6. The molecule has 0 radical (unpaired) electrons. The first kappa shape index (κ1) is 12.7. The molecule has 0 fully saturated rings. The molecule has 1 atom stereocenters. The number of nitrogens with two attached hydrogens (primary N) is 1. The van der Waals surface area contributed by atoms with Crippen molar-refractivity contribution in [3.05, 3.63) is 53.6 Å². The molecule has 2 N–H and O–H groups in total. The summed E-state index contributed by atoms with van der Waals surface area (Å²) in [5, 5.41) is 0. The highest BCUT2D eigenvalue weighted by molar-refractivity contribution is 5.68. The van der Waals surface area contributed by atoms with E-state index < -0.39 is 0 Å². The normalized spacial score (nSPS) is 12.2. The van der Waals surface area contributed by atoms with E-state index in [0.717, 1.165) is 11.3 Å². The molecule has 2 aromatic carbocycles. The van der Waals surface area contributed by atoms with Crippen LogP contribution in [-0.2, 0) is 0 Å². The van der Waals surface area contributed by atoms with Crippen molar-refractivity contribution in [2.45, 2.75) is 19.9 Å². The maximum absolute atomic E-state index is 5.85. The molecule has 0 aliphatic carbocycles. The van der Waals surface area contributed by atoms with Gasteiger partial charge < -0.3 is 10.5 Å². The van der Waals surface area contributed by atoms with Crippen LogP contribution >= 0.6 is 0 Å². The number of hydrogen-bond donors (Lipinski definition) is 1. The Morgan fingerprint density at radius 2 is 1.72 bits per heavy atom. The van der Waals surface area contributed by atoms with Gasteiger partial charge in [-0.3, -0.25) is 0 Å². The fourth-order valence-corrected chi connectivity index (χ4v) is 2.05. The van der Waals surface area contributed by atoms with Crippen molar-refractivity contribution in [2.24, 2.45) is 5.73 Å². The van der Waals surface area contributed by atoms with Crippen molar-refractivity contribution in [3.63, 3.8) is 0 Å². The average molecular weight is 241 g/mol. The molecule has 0 aliphatic rings. The Morgan fingerprint density at radius 1 is 1.06 bits per heavy atom. The number of hydrogen-bond acceptors (Lipinski definition) is 2. The first-order valence-electron chi connectivity index (χ1n) is 6.12. The molecule has 2 rings (SSSR count). The zero-order chi connectivity index (χ0) is 13.1. The molecule has 2 heteroatoms. The fourth-order valence-electron chi connectivity index (χ4n) is 2.05. The third-order valence-electron chi connectivity index (χ3n) is 3.18. The molecule has 94 valence electrons. The Kier molecular flexibility index (Phi) is 3.68. The van der Waals surface area contributed by atoms with Gasteiger partial charge in [-0.2, -0.15) is 0 Å². The van der Waals surface area contributed by atoms with Gasteiger partial charge in [0.1, 0.15) is 5.75 Å². The molecule has 0 spiro atoms. The highest BCUT2D eigenvalue weighted by Crippen LogP contribution is 2.27. The molecule has 0 bridgehead atoms. The van der Waals surface area contributed by atoms with E-state index in [9.17, 15) is 0 Å². The minimum absolute atomic E-state index is 0.0796. The standard InChI is InChI=1S/C16H19NO/c1-11-10-15(18-3)8-9-16(11)14-6-4-13(5-7-14)12(2)17/h4-10,12H,17H2,1-3H3. The van der Waals surface area contributed by atoms with E-state index >= 15 is 0 Å². The Hall–Kier alpha value is -1.80. The highest BCUT2D eigenvalue weighted by atomic mass is 16.5. The maximum atomic E-state index is 5.85. The molecule has 18 heavy (non-hydrogen) atoms. The lowest BCUT2D eigenvalue weighted by Crippen LogP contribution is -2.04. The summed E-state index contributed by atoms with van der Waals surface area (Å²) >= 11 is 0.